The predicted molar refractivity (Wildman–Crippen MR) is 170 cm³/mol. The summed E-state index contributed by atoms with van der Waals surface area (Å²) < 4.78 is 11.2. The number of likely N-dealkylation sites (tertiary alicyclic amines) is 1. The first-order chi connectivity index (χ1) is 20.4. The minimum Gasteiger partial charge on any atom is -0.497 e. The van der Waals surface area contributed by atoms with E-state index in [9.17, 15) is 14.7 Å². The van der Waals surface area contributed by atoms with Gasteiger partial charge in [-0.1, -0.05) is 57.5 Å². The van der Waals surface area contributed by atoms with Crippen LogP contribution in [0.15, 0.2) is 60.7 Å². The van der Waals surface area contributed by atoms with Gasteiger partial charge in [-0.3, -0.25) is 9.69 Å². The van der Waals surface area contributed by atoms with Crippen LogP contribution in [-0.2, 0) is 10.2 Å². The Bertz CT molecular complexity index is 1540. The zero-order valence-corrected chi connectivity index (χ0v) is 26.3. The molecule has 5 rings (SSSR count). The van der Waals surface area contributed by atoms with Crippen molar-refractivity contribution in [1.82, 2.24) is 4.90 Å². The van der Waals surface area contributed by atoms with Crippen LogP contribution in [0.4, 0.5) is 11.4 Å². The lowest BCUT2D eigenvalue weighted by atomic mass is 9.63. The van der Waals surface area contributed by atoms with Crippen LogP contribution in [0.2, 0.25) is 5.02 Å². The van der Waals surface area contributed by atoms with Crippen molar-refractivity contribution < 1.29 is 24.2 Å². The molecular weight excluding hydrogens is 566 g/mol. The van der Waals surface area contributed by atoms with Crippen molar-refractivity contribution in [3.63, 3.8) is 0 Å². The standard InChI is InChI=1S/C34H40ClN3O5/c1-7-38-28(18-33(2,3)4)34(19-36-26-17-22(35)12-13-24(26)34)29(20-9-8-10-23(15-20)42-5)30(38)31(39)37-25-14-11-21(32(40)41)16-27(25)43-6/h8-17,28-30,36H,7,18-19H2,1-6H3,(H,37,39)(H,40,41)/t28-,29-,30+,34-/m0/s1. The number of halogens is 1. The number of ether oxygens (including phenoxy) is 2. The first kappa shape index (κ1) is 30.7. The van der Waals surface area contributed by atoms with Crippen molar-refractivity contribution in [1.29, 1.82) is 0 Å². The lowest BCUT2D eigenvalue weighted by molar-refractivity contribution is -0.121. The second kappa shape index (κ2) is 11.7. The Morgan fingerprint density at radius 1 is 1.09 bits per heavy atom. The zero-order chi connectivity index (χ0) is 31.1. The smallest absolute Gasteiger partial charge is 0.335 e. The van der Waals surface area contributed by atoms with Gasteiger partial charge in [0, 0.05) is 34.6 Å². The summed E-state index contributed by atoms with van der Waals surface area (Å²) in [7, 11) is 3.11. The number of carbonyl (C=O) groups excluding carboxylic acids is 1. The number of rotatable bonds is 8. The molecule has 1 amide bonds. The van der Waals surface area contributed by atoms with E-state index in [1.807, 2.05) is 30.3 Å². The van der Waals surface area contributed by atoms with Gasteiger partial charge < -0.3 is 25.2 Å². The number of carboxylic acid groups (broad SMARTS) is 1. The Kier molecular flexibility index (Phi) is 8.38. The van der Waals surface area contributed by atoms with Gasteiger partial charge >= 0.3 is 5.97 Å². The molecule has 9 heteroatoms. The largest absolute Gasteiger partial charge is 0.497 e. The second-order valence-corrected chi connectivity index (χ2v) is 13.0. The highest BCUT2D eigenvalue weighted by atomic mass is 35.5. The molecule has 2 aliphatic rings. The van der Waals surface area contributed by atoms with Gasteiger partial charge in [0.25, 0.3) is 0 Å². The monoisotopic (exact) mass is 605 g/mol. The Morgan fingerprint density at radius 2 is 1.86 bits per heavy atom. The number of benzene rings is 3. The van der Waals surface area contributed by atoms with E-state index in [1.165, 1.54) is 19.2 Å². The summed E-state index contributed by atoms with van der Waals surface area (Å²) in [4.78, 5) is 28.6. The van der Waals surface area contributed by atoms with Gasteiger partial charge in [0.2, 0.25) is 5.91 Å². The summed E-state index contributed by atoms with van der Waals surface area (Å²) in [6.45, 7) is 10.1. The summed E-state index contributed by atoms with van der Waals surface area (Å²) in [5.74, 6) is -0.497. The molecule has 4 atom stereocenters. The van der Waals surface area contributed by atoms with Gasteiger partial charge in [0.05, 0.1) is 31.5 Å². The molecule has 3 aromatic rings. The van der Waals surface area contributed by atoms with Gasteiger partial charge in [-0.25, -0.2) is 4.79 Å². The average Bonchev–Trinajstić information content (AvgIpc) is 3.47. The summed E-state index contributed by atoms with van der Waals surface area (Å²) in [5, 5.41) is 16.9. The molecular formula is C34H40ClN3O5. The van der Waals surface area contributed by atoms with Crippen LogP contribution >= 0.6 is 11.6 Å². The highest BCUT2D eigenvalue weighted by molar-refractivity contribution is 6.30. The summed E-state index contributed by atoms with van der Waals surface area (Å²) in [6, 6.07) is 18.0. The highest BCUT2D eigenvalue weighted by Crippen LogP contribution is 2.59. The number of fused-ring (bicyclic) bond motifs is 2. The molecule has 3 N–H and O–H groups in total. The van der Waals surface area contributed by atoms with Crippen LogP contribution in [0, 0.1) is 5.41 Å². The molecule has 0 bridgehead atoms. The molecule has 1 spiro atoms. The van der Waals surface area contributed by atoms with Crippen molar-refractivity contribution in [2.45, 2.75) is 57.5 Å². The molecule has 0 aliphatic carbocycles. The van der Waals surface area contributed by atoms with E-state index < -0.39 is 17.4 Å². The van der Waals surface area contributed by atoms with E-state index in [1.54, 1.807) is 13.2 Å². The fourth-order valence-corrected chi connectivity index (χ4v) is 7.37. The topological polar surface area (TPSA) is 100 Å². The minimum absolute atomic E-state index is 0.00987. The molecule has 43 heavy (non-hydrogen) atoms. The Morgan fingerprint density at radius 3 is 2.51 bits per heavy atom. The van der Waals surface area contributed by atoms with Crippen LogP contribution < -0.4 is 20.1 Å². The van der Waals surface area contributed by atoms with Crippen molar-refractivity contribution in [3.05, 3.63) is 82.4 Å². The number of nitrogens with one attached hydrogen (secondary N) is 2. The number of carboxylic acids is 1. The highest BCUT2D eigenvalue weighted by Gasteiger charge is 2.64. The normalized spacial score (nSPS) is 23.1. The lowest BCUT2D eigenvalue weighted by Gasteiger charge is -2.41. The first-order valence-electron chi connectivity index (χ1n) is 14.6. The third kappa shape index (κ3) is 5.54. The number of carbonyl (C=O) groups is 2. The first-order valence-corrected chi connectivity index (χ1v) is 15.0. The number of anilines is 2. The van der Waals surface area contributed by atoms with Crippen molar-refractivity contribution in [2.24, 2.45) is 5.41 Å². The maximum atomic E-state index is 14.6. The molecule has 2 heterocycles. The van der Waals surface area contributed by atoms with Gasteiger partial charge in [0.1, 0.15) is 11.5 Å². The number of hydrogen-bond donors (Lipinski definition) is 3. The summed E-state index contributed by atoms with van der Waals surface area (Å²) >= 11 is 6.46. The van der Waals surface area contributed by atoms with Crippen LogP contribution in [0.5, 0.6) is 11.5 Å². The minimum atomic E-state index is -1.07. The molecule has 0 saturated carbocycles. The van der Waals surface area contributed by atoms with E-state index in [4.69, 9.17) is 21.1 Å². The van der Waals surface area contributed by atoms with Crippen LogP contribution in [-0.4, -0.2) is 61.3 Å². The molecule has 3 aromatic carbocycles. The molecule has 8 nitrogen and oxygen atoms in total. The van der Waals surface area contributed by atoms with Crippen molar-refractivity contribution in [3.8, 4) is 11.5 Å². The fourth-order valence-electron chi connectivity index (χ4n) is 7.20. The number of likely N-dealkylation sites (N-methyl/N-ethyl adjacent to an activating group) is 1. The van der Waals surface area contributed by atoms with Crippen LogP contribution in [0.3, 0.4) is 0 Å². The van der Waals surface area contributed by atoms with Gasteiger partial charge in [-0.2, -0.15) is 0 Å². The fraction of sp³-hybridized carbons (Fsp3) is 0.412. The van der Waals surface area contributed by atoms with Gasteiger partial charge in [0.15, 0.2) is 0 Å². The third-order valence-electron chi connectivity index (χ3n) is 8.88. The Labute approximate surface area is 258 Å². The number of aromatic carboxylic acids is 1. The van der Waals surface area contributed by atoms with E-state index in [0.29, 0.717) is 23.8 Å². The quantitative estimate of drug-likeness (QED) is 0.264. The maximum absolute atomic E-state index is 14.6. The van der Waals surface area contributed by atoms with Crippen molar-refractivity contribution in [2.75, 3.05) is 37.9 Å². The number of amides is 1. The maximum Gasteiger partial charge on any atom is 0.335 e. The number of nitrogens with zero attached hydrogens (tertiary/aromatic N) is 1. The average molecular weight is 606 g/mol. The van der Waals surface area contributed by atoms with Crippen LogP contribution in [0.1, 0.15) is 61.5 Å². The predicted octanol–water partition coefficient (Wildman–Crippen LogP) is 6.65. The van der Waals surface area contributed by atoms with E-state index in [2.05, 4.69) is 55.4 Å². The molecule has 1 fully saturated rings. The summed E-state index contributed by atoms with van der Waals surface area (Å²) in [5.41, 5.74) is 3.15. The SMILES string of the molecule is CCN1[C@@H](CC(C)(C)C)[C@@]2(CNc3cc(Cl)ccc32)[C@@H](c2cccc(OC)c2)[C@@H]1C(=O)Nc1ccc(C(=O)O)cc1OC. The Balaban J connectivity index is 1.71. The van der Waals surface area contributed by atoms with E-state index >= 15 is 0 Å². The summed E-state index contributed by atoms with van der Waals surface area (Å²) in [6.07, 6.45) is 0.853. The zero-order valence-electron chi connectivity index (χ0n) is 25.5. The molecule has 2 aliphatic heterocycles. The van der Waals surface area contributed by atoms with Gasteiger partial charge in [-0.15, -0.1) is 0 Å². The second-order valence-electron chi connectivity index (χ2n) is 12.6. The van der Waals surface area contributed by atoms with Crippen LogP contribution in [0.25, 0.3) is 0 Å². The van der Waals surface area contributed by atoms with E-state index in [-0.39, 0.29) is 34.6 Å². The Hall–Kier alpha value is -3.75. The molecule has 0 aromatic heterocycles. The number of methoxy groups -OCH3 is 2. The van der Waals surface area contributed by atoms with Gasteiger partial charge in [-0.05, 0) is 72.0 Å². The molecule has 1 saturated heterocycles. The molecule has 0 unspecified atom stereocenters. The van der Waals surface area contributed by atoms with Crippen molar-refractivity contribution >= 4 is 34.9 Å². The lowest BCUT2D eigenvalue weighted by Crippen LogP contribution is -2.48. The third-order valence-corrected chi connectivity index (χ3v) is 9.11. The van der Waals surface area contributed by atoms with E-state index in [0.717, 1.165) is 29.0 Å². The number of hydrogen-bond acceptors (Lipinski definition) is 6. The molecule has 0 radical (unpaired) electrons. The molecule has 228 valence electrons.